The standard InChI is InChI=1S/C14H18BrN3/c1-3-16-13(11-7-5-6-8-12(11)15)14-17-9-10-18(14)4-2/h5-10,13,16H,3-4H2,1-2H3. The van der Waals surface area contributed by atoms with Gasteiger partial charge in [-0.25, -0.2) is 4.98 Å². The predicted octanol–water partition coefficient (Wildman–Crippen LogP) is 3.36. The first-order valence-electron chi connectivity index (χ1n) is 6.26. The quantitative estimate of drug-likeness (QED) is 0.918. The van der Waals surface area contributed by atoms with Gasteiger partial charge in [0.25, 0.3) is 0 Å². The van der Waals surface area contributed by atoms with Crippen LogP contribution in [0.2, 0.25) is 0 Å². The molecule has 0 radical (unpaired) electrons. The van der Waals surface area contributed by atoms with Crippen molar-refractivity contribution in [3.63, 3.8) is 0 Å². The Hall–Kier alpha value is -1.13. The van der Waals surface area contributed by atoms with Gasteiger partial charge < -0.3 is 9.88 Å². The first-order chi connectivity index (χ1) is 8.77. The van der Waals surface area contributed by atoms with Crippen molar-refractivity contribution in [3.05, 3.63) is 52.5 Å². The lowest BCUT2D eigenvalue weighted by Crippen LogP contribution is -2.25. The van der Waals surface area contributed by atoms with Crippen LogP contribution in [0.1, 0.15) is 31.3 Å². The molecule has 0 saturated carbocycles. The number of benzene rings is 1. The lowest BCUT2D eigenvalue weighted by Gasteiger charge is -2.20. The molecule has 2 aromatic rings. The molecule has 1 atom stereocenters. The maximum atomic E-state index is 4.50. The third-order valence-electron chi connectivity index (χ3n) is 2.97. The molecule has 1 aromatic heterocycles. The minimum absolute atomic E-state index is 0.125. The molecule has 0 fully saturated rings. The number of aryl methyl sites for hydroxylation is 1. The summed E-state index contributed by atoms with van der Waals surface area (Å²) in [4.78, 5) is 4.50. The molecule has 18 heavy (non-hydrogen) atoms. The minimum Gasteiger partial charge on any atom is -0.334 e. The van der Waals surface area contributed by atoms with Gasteiger partial charge in [0.1, 0.15) is 5.82 Å². The second kappa shape index (κ2) is 6.16. The summed E-state index contributed by atoms with van der Waals surface area (Å²) in [6, 6.07) is 8.41. The zero-order chi connectivity index (χ0) is 13.0. The van der Waals surface area contributed by atoms with E-state index in [4.69, 9.17) is 0 Å². The van der Waals surface area contributed by atoms with Gasteiger partial charge in [-0.15, -0.1) is 0 Å². The first kappa shape index (κ1) is 13.3. The van der Waals surface area contributed by atoms with Crippen LogP contribution in [-0.2, 0) is 6.54 Å². The molecule has 0 bridgehead atoms. The van der Waals surface area contributed by atoms with Crippen molar-refractivity contribution < 1.29 is 0 Å². The first-order valence-corrected chi connectivity index (χ1v) is 7.06. The third-order valence-corrected chi connectivity index (χ3v) is 3.69. The maximum absolute atomic E-state index is 4.50. The van der Waals surface area contributed by atoms with E-state index in [0.717, 1.165) is 23.4 Å². The van der Waals surface area contributed by atoms with Crippen molar-refractivity contribution in [2.24, 2.45) is 0 Å². The van der Waals surface area contributed by atoms with Gasteiger partial charge in [-0.1, -0.05) is 41.1 Å². The molecule has 1 unspecified atom stereocenters. The molecule has 1 N–H and O–H groups in total. The molecule has 1 aromatic carbocycles. The Kier molecular flexibility index (Phi) is 4.55. The monoisotopic (exact) mass is 307 g/mol. The molecule has 1 heterocycles. The van der Waals surface area contributed by atoms with E-state index in [1.54, 1.807) is 0 Å². The summed E-state index contributed by atoms with van der Waals surface area (Å²) in [5.74, 6) is 1.06. The van der Waals surface area contributed by atoms with Crippen molar-refractivity contribution >= 4 is 15.9 Å². The average Bonchev–Trinajstić information content (AvgIpc) is 2.85. The molecular weight excluding hydrogens is 290 g/mol. The average molecular weight is 308 g/mol. The second-order valence-corrected chi connectivity index (χ2v) is 4.94. The van der Waals surface area contributed by atoms with Crippen molar-refractivity contribution in [2.45, 2.75) is 26.4 Å². The SMILES string of the molecule is CCNC(c1ccccc1Br)c1nccn1CC. The Morgan fingerprint density at radius 1 is 1.33 bits per heavy atom. The Morgan fingerprint density at radius 3 is 2.78 bits per heavy atom. The summed E-state index contributed by atoms with van der Waals surface area (Å²) in [6.07, 6.45) is 3.89. The topological polar surface area (TPSA) is 29.9 Å². The van der Waals surface area contributed by atoms with Gasteiger partial charge in [-0.2, -0.15) is 0 Å². The van der Waals surface area contributed by atoms with Crippen molar-refractivity contribution in [1.82, 2.24) is 14.9 Å². The van der Waals surface area contributed by atoms with Crippen molar-refractivity contribution in [1.29, 1.82) is 0 Å². The highest BCUT2D eigenvalue weighted by Crippen LogP contribution is 2.27. The molecule has 96 valence electrons. The zero-order valence-corrected chi connectivity index (χ0v) is 12.3. The molecule has 0 saturated heterocycles. The van der Waals surface area contributed by atoms with Crippen molar-refractivity contribution in [3.8, 4) is 0 Å². The summed E-state index contributed by atoms with van der Waals surface area (Å²) in [5, 5.41) is 3.50. The molecule has 0 aliphatic heterocycles. The van der Waals surface area contributed by atoms with E-state index in [9.17, 15) is 0 Å². The predicted molar refractivity (Wildman–Crippen MR) is 77.6 cm³/mol. The van der Waals surface area contributed by atoms with Gasteiger partial charge in [-0.05, 0) is 25.1 Å². The van der Waals surface area contributed by atoms with Crippen LogP contribution in [0.4, 0.5) is 0 Å². The smallest absolute Gasteiger partial charge is 0.130 e. The minimum atomic E-state index is 0.125. The fraction of sp³-hybridized carbons (Fsp3) is 0.357. The Labute approximate surface area is 116 Å². The van der Waals surface area contributed by atoms with Crippen LogP contribution in [0.25, 0.3) is 0 Å². The number of aromatic nitrogens is 2. The number of hydrogen-bond donors (Lipinski definition) is 1. The summed E-state index contributed by atoms with van der Waals surface area (Å²) in [5.41, 5.74) is 1.22. The molecule has 3 nitrogen and oxygen atoms in total. The Balaban J connectivity index is 2.43. The van der Waals surface area contributed by atoms with Crippen LogP contribution >= 0.6 is 15.9 Å². The van der Waals surface area contributed by atoms with Gasteiger partial charge in [0.05, 0.1) is 6.04 Å². The number of nitrogens with one attached hydrogen (secondary N) is 1. The Bertz CT molecular complexity index is 507. The number of nitrogens with zero attached hydrogens (tertiary/aromatic N) is 2. The number of hydrogen-bond acceptors (Lipinski definition) is 2. The van der Waals surface area contributed by atoms with Gasteiger partial charge in [-0.3, -0.25) is 0 Å². The largest absolute Gasteiger partial charge is 0.334 e. The van der Waals surface area contributed by atoms with E-state index in [2.05, 4.69) is 62.8 Å². The van der Waals surface area contributed by atoms with Crippen LogP contribution in [0, 0.1) is 0 Å². The molecule has 0 spiro atoms. The van der Waals surface area contributed by atoms with Gasteiger partial charge in [0.2, 0.25) is 0 Å². The van der Waals surface area contributed by atoms with Crippen LogP contribution in [0.3, 0.4) is 0 Å². The summed E-state index contributed by atoms with van der Waals surface area (Å²) < 4.78 is 3.29. The second-order valence-electron chi connectivity index (χ2n) is 4.08. The highest BCUT2D eigenvalue weighted by atomic mass is 79.9. The van der Waals surface area contributed by atoms with Crippen LogP contribution in [0.5, 0.6) is 0 Å². The van der Waals surface area contributed by atoms with Crippen LogP contribution < -0.4 is 5.32 Å². The van der Waals surface area contributed by atoms with E-state index in [1.807, 2.05) is 18.5 Å². The summed E-state index contributed by atoms with van der Waals surface area (Å²) in [6.45, 7) is 6.08. The third kappa shape index (κ3) is 2.65. The highest BCUT2D eigenvalue weighted by Gasteiger charge is 2.19. The van der Waals surface area contributed by atoms with Crippen LogP contribution in [0.15, 0.2) is 41.1 Å². The highest BCUT2D eigenvalue weighted by molar-refractivity contribution is 9.10. The molecule has 4 heteroatoms. The van der Waals surface area contributed by atoms with Gasteiger partial charge in [0, 0.05) is 23.4 Å². The van der Waals surface area contributed by atoms with E-state index in [0.29, 0.717) is 0 Å². The van der Waals surface area contributed by atoms with E-state index in [1.165, 1.54) is 5.56 Å². The summed E-state index contributed by atoms with van der Waals surface area (Å²) in [7, 11) is 0. The van der Waals surface area contributed by atoms with E-state index >= 15 is 0 Å². The molecule has 2 rings (SSSR count). The number of imidazole rings is 1. The van der Waals surface area contributed by atoms with Crippen LogP contribution in [-0.4, -0.2) is 16.1 Å². The molecule has 0 aliphatic rings. The molecule has 0 aliphatic carbocycles. The van der Waals surface area contributed by atoms with E-state index < -0.39 is 0 Å². The Morgan fingerprint density at radius 2 is 2.11 bits per heavy atom. The zero-order valence-electron chi connectivity index (χ0n) is 10.7. The normalized spacial score (nSPS) is 12.6. The number of rotatable bonds is 5. The lowest BCUT2D eigenvalue weighted by atomic mass is 10.1. The fourth-order valence-corrected chi connectivity index (χ4v) is 2.62. The van der Waals surface area contributed by atoms with Crippen molar-refractivity contribution in [2.75, 3.05) is 6.54 Å². The maximum Gasteiger partial charge on any atom is 0.130 e. The molecule has 0 amide bonds. The lowest BCUT2D eigenvalue weighted by molar-refractivity contribution is 0.557. The number of halogens is 1. The summed E-state index contributed by atoms with van der Waals surface area (Å²) >= 11 is 3.62. The van der Waals surface area contributed by atoms with E-state index in [-0.39, 0.29) is 6.04 Å². The van der Waals surface area contributed by atoms with Gasteiger partial charge >= 0.3 is 0 Å². The van der Waals surface area contributed by atoms with Gasteiger partial charge in [0.15, 0.2) is 0 Å². The molecular formula is C14H18BrN3. The fourth-order valence-electron chi connectivity index (χ4n) is 2.10.